The van der Waals surface area contributed by atoms with Crippen LogP contribution < -0.4 is 0 Å². The van der Waals surface area contributed by atoms with E-state index in [-0.39, 0.29) is 6.54 Å². The van der Waals surface area contributed by atoms with Crippen LogP contribution in [0.4, 0.5) is 0 Å². The van der Waals surface area contributed by atoms with Crippen LogP contribution in [0.15, 0.2) is 15.7 Å². The van der Waals surface area contributed by atoms with E-state index >= 15 is 0 Å². The van der Waals surface area contributed by atoms with E-state index in [4.69, 9.17) is 0 Å². The second-order valence-electron chi connectivity index (χ2n) is 4.88. The van der Waals surface area contributed by atoms with E-state index in [9.17, 15) is 13.5 Å². The Kier molecular flexibility index (Phi) is 3.33. The Labute approximate surface area is 106 Å². The lowest BCUT2D eigenvalue weighted by molar-refractivity contribution is 0.00945. The van der Waals surface area contributed by atoms with E-state index in [1.807, 2.05) is 12.3 Å². The average Bonchev–Trinajstić information content (AvgIpc) is 2.64. The lowest BCUT2D eigenvalue weighted by Gasteiger charge is -2.35. The fourth-order valence-electron chi connectivity index (χ4n) is 2.05. The third-order valence-corrected chi connectivity index (χ3v) is 6.32. The highest BCUT2D eigenvalue weighted by Crippen LogP contribution is 2.28. The summed E-state index contributed by atoms with van der Waals surface area (Å²) < 4.78 is 26.4. The van der Waals surface area contributed by atoms with Gasteiger partial charge in [-0.15, -0.1) is 11.3 Å². The van der Waals surface area contributed by atoms with E-state index in [2.05, 4.69) is 0 Å². The third kappa shape index (κ3) is 2.70. The first kappa shape index (κ1) is 13.0. The van der Waals surface area contributed by atoms with Gasteiger partial charge in [0.15, 0.2) is 0 Å². The van der Waals surface area contributed by atoms with Crippen molar-refractivity contribution in [2.24, 2.45) is 0 Å². The first-order valence-electron chi connectivity index (χ1n) is 5.59. The molecule has 0 aromatic carbocycles. The smallest absolute Gasteiger partial charge is 0.252 e. The summed E-state index contributed by atoms with van der Waals surface area (Å²) in [6, 6.07) is 1.68. The van der Waals surface area contributed by atoms with Gasteiger partial charge >= 0.3 is 0 Å². The van der Waals surface area contributed by atoms with Gasteiger partial charge in [-0.2, -0.15) is 4.31 Å². The first-order valence-corrected chi connectivity index (χ1v) is 7.91. The topological polar surface area (TPSA) is 57.6 Å². The van der Waals surface area contributed by atoms with E-state index in [1.165, 1.54) is 15.6 Å². The highest BCUT2D eigenvalue weighted by molar-refractivity contribution is 7.91. The van der Waals surface area contributed by atoms with Crippen molar-refractivity contribution in [3.05, 3.63) is 17.0 Å². The summed E-state index contributed by atoms with van der Waals surface area (Å²) in [5.74, 6) is 0. The van der Waals surface area contributed by atoms with Gasteiger partial charge in [0.1, 0.15) is 4.21 Å². The van der Waals surface area contributed by atoms with E-state index < -0.39 is 15.6 Å². The number of nitrogens with zero attached hydrogens (tertiary/aromatic N) is 1. The van der Waals surface area contributed by atoms with Crippen LogP contribution in [0.1, 0.15) is 25.3 Å². The lowest BCUT2D eigenvalue weighted by atomic mass is 9.97. The second kappa shape index (κ2) is 4.35. The predicted octanol–water partition coefficient (Wildman–Crippen LogP) is 1.59. The van der Waals surface area contributed by atoms with Gasteiger partial charge in [0.25, 0.3) is 10.0 Å². The molecule has 1 atom stereocenters. The number of thiophene rings is 1. The minimum atomic E-state index is -3.42. The predicted molar refractivity (Wildman–Crippen MR) is 67.7 cm³/mol. The van der Waals surface area contributed by atoms with Crippen LogP contribution in [0.5, 0.6) is 0 Å². The average molecular weight is 275 g/mol. The Morgan fingerprint density at radius 1 is 1.53 bits per heavy atom. The van der Waals surface area contributed by atoms with Gasteiger partial charge in [0.05, 0.1) is 5.60 Å². The SMILES string of the molecule is Cc1csc(S(=O)(=O)N2CCCC(C)(O)C2)c1. The Balaban J connectivity index is 2.27. The molecule has 0 amide bonds. The minimum absolute atomic E-state index is 0.187. The van der Waals surface area contributed by atoms with Crippen molar-refractivity contribution in [3.63, 3.8) is 0 Å². The third-order valence-electron chi connectivity index (χ3n) is 2.94. The molecule has 4 nitrogen and oxygen atoms in total. The molecule has 1 aliphatic rings. The fraction of sp³-hybridized carbons (Fsp3) is 0.636. The molecule has 0 aliphatic carbocycles. The van der Waals surface area contributed by atoms with Crippen molar-refractivity contribution in [2.75, 3.05) is 13.1 Å². The van der Waals surface area contributed by atoms with Crippen molar-refractivity contribution in [1.29, 1.82) is 0 Å². The summed E-state index contributed by atoms with van der Waals surface area (Å²) in [5, 5.41) is 11.8. The van der Waals surface area contributed by atoms with Gasteiger partial charge in [0.2, 0.25) is 0 Å². The van der Waals surface area contributed by atoms with Crippen LogP contribution in [0.2, 0.25) is 0 Å². The van der Waals surface area contributed by atoms with Crippen molar-refractivity contribution in [2.45, 2.75) is 36.5 Å². The van der Waals surface area contributed by atoms with Gasteiger partial charge in [-0.1, -0.05) is 0 Å². The molecule has 0 bridgehead atoms. The van der Waals surface area contributed by atoms with Crippen LogP contribution in [-0.4, -0.2) is 36.5 Å². The molecule has 2 heterocycles. The standard InChI is InChI=1S/C11H17NO3S2/c1-9-6-10(16-7-9)17(14,15)12-5-3-4-11(2,13)8-12/h6-7,13H,3-5,8H2,1-2H3. The number of piperidine rings is 1. The number of aliphatic hydroxyl groups is 1. The zero-order chi connectivity index (χ0) is 12.7. The number of aryl methyl sites for hydroxylation is 1. The van der Waals surface area contributed by atoms with E-state index in [1.54, 1.807) is 13.0 Å². The monoisotopic (exact) mass is 275 g/mol. The maximum absolute atomic E-state index is 12.3. The lowest BCUT2D eigenvalue weighted by Crippen LogP contribution is -2.48. The van der Waals surface area contributed by atoms with E-state index in [0.29, 0.717) is 23.6 Å². The van der Waals surface area contributed by atoms with E-state index in [0.717, 1.165) is 5.56 Å². The Morgan fingerprint density at radius 3 is 2.76 bits per heavy atom. The molecule has 2 rings (SSSR count). The molecule has 1 N–H and O–H groups in total. The number of hydrogen-bond acceptors (Lipinski definition) is 4. The fourth-order valence-corrected chi connectivity index (χ4v) is 5.02. The largest absolute Gasteiger partial charge is 0.389 e. The minimum Gasteiger partial charge on any atom is -0.389 e. The van der Waals surface area contributed by atoms with Gasteiger partial charge in [-0.25, -0.2) is 8.42 Å². The van der Waals surface area contributed by atoms with Crippen LogP contribution in [0, 0.1) is 6.92 Å². The molecule has 1 aromatic rings. The molecular formula is C11H17NO3S2. The zero-order valence-corrected chi connectivity index (χ0v) is 11.6. The number of β-amino-alcohol motifs (C(OH)–C–C–N with tert-alkyl or cyclic N) is 1. The van der Waals surface area contributed by atoms with Gasteiger partial charge in [-0.3, -0.25) is 0 Å². The molecule has 17 heavy (non-hydrogen) atoms. The summed E-state index contributed by atoms with van der Waals surface area (Å²) in [6.45, 7) is 4.25. The van der Waals surface area contributed by atoms with Crippen molar-refractivity contribution in [1.82, 2.24) is 4.31 Å². The number of hydrogen-bond donors (Lipinski definition) is 1. The summed E-state index contributed by atoms with van der Waals surface area (Å²) in [7, 11) is -3.42. The molecule has 1 aliphatic heterocycles. The zero-order valence-electron chi connectivity index (χ0n) is 10.0. The van der Waals surface area contributed by atoms with Crippen molar-refractivity contribution < 1.29 is 13.5 Å². The Morgan fingerprint density at radius 2 is 2.24 bits per heavy atom. The van der Waals surface area contributed by atoms with Gasteiger partial charge in [-0.05, 0) is 43.7 Å². The quantitative estimate of drug-likeness (QED) is 0.892. The Hall–Kier alpha value is -0.430. The molecule has 1 unspecified atom stereocenters. The maximum Gasteiger partial charge on any atom is 0.252 e. The molecule has 1 aromatic heterocycles. The Bertz CT molecular complexity index is 505. The molecule has 6 heteroatoms. The van der Waals surface area contributed by atoms with Gasteiger partial charge < -0.3 is 5.11 Å². The molecule has 1 fully saturated rings. The normalized spacial score (nSPS) is 27.2. The molecule has 1 saturated heterocycles. The molecule has 0 saturated carbocycles. The second-order valence-corrected chi connectivity index (χ2v) is 7.96. The number of sulfonamides is 1. The van der Waals surface area contributed by atoms with Crippen LogP contribution in [0.3, 0.4) is 0 Å². The highest BCUT2D eigenvalue weighted by Gasteiger charge is 2.35. The summed E-state index contributed by atoms with van der Waals surface area (Å²) >= 11 is 1.24. The molecule has 96 valence electrons. The van der Waals surface area contributed by atoms with Crippen LogP contribution >= 0.6 is 11.3 Å². The summed E-state index contributed by atoms with van der Waals surface area (Å²) in [4.78, 5) is 0. The molecule has 0 radical (unpaired) electrons. The van der Waals surface area contributed by atoms with Gasteiger partial charge in [0, 0.05) is 13.1 Å². The maximum atomic E-state index is 12.3. The molecular weight excluding hydrogens is 258 g/mol. The summed E-state index contributed by atoms with van der Waals surface area (Å²) in [6.07, 6.45) is 1.36. The molecule has 0 spiro atoms. The van der Waals surface area contributed by atoms with Crippen molar-refractivity contribution >= 4 is 21.4 Å². The first-order chi connectivity index (χ1) is 7.81. The van der Waals surface area contributed by atoms with Crippen LogP contribution in [0.25, 0.3) is 0 Å². The summed E-state index contributed by atoms with van der Waals surface area (Å²) in [5.41, 5.74) is 0.0507. The number of rotatable bonds is 2. The van der Waals surface area contributed by atoms with Crippen LogP contribution in [-0.2, 0) is 10.0 Å². The highest BCUT2D eigenvalue weighted by atomic mass is 32.2. The van der Waals surface area contributed by atoms with Crippen molar-refractivity contribution in [3.8, 4) is 0 Å².